The minimum atomic E-state index is -1.25. The Labute approximate surface area is 141 Å². The largest absolute Gasteiger partial charge is 0.466 e. The Morgan fingerprint density at radius 1 is 1.35 bits per heavy atom. The van der Waals surface area contributed by atoms with E-state index >= 15 is 0 Å². The van der Waals surface area contributed by atoms with Crippen molar-refractivity contribution < 1.29 is 14.3 Å². The molecule has 4 nitrogen and oxygen atoms in total. The van der Waals surface area contributed by atoms with Crippen molar-refractivity contribution in [3.8, 4) is 0 Å². The highest BCUT2D eigenvalue weighted by Crippen LogP contribution is 2.27. The lowest BCUT2D eigenvalue weighted by Gasteiger charge is -2.25. The molecule has 1 amide bonds. The fourth-order valence-corrected chi connectivity index (χ4v) is 2.78. The normalized spacial score (nSPS) is 15.2. The number of nitrogens with one attached hydrogen (secondary N) is 1. The predicted octanol–water partition coefficient (Wildman–Crippen LogP) is 3.70. The molecule has 0 bridgehead atoms. The number of aliphatic hydroxyl groups is 1. The Balaban J connectivity index is 2.10. The molecule has 2 atom stereocenters. The molecule has 1 heterocycles. The summed E-state index contributed by atoms with van der Waals surface area (Å²) in [5, 5.41) is 13.8. The molecular weight excluding hydrogens is 314 g/mol. The molecule has 0 spiro atoms. The van der Waals surface area contributed by atoms with Crippen LogP contribution in [0.5, 0.6) is 0 Å². The minimum Gasteiger partial charge on any atom is -0.466 e. The third-order valence-electron chi connectivity index (χ3n) is 3.82. The van der Waals surface area contributed by atoms with E-state index in [0.29, 0.717) is 10.8 Å². The summed E-state index contributed by atoms with van der Waals surface area (Å²) >= 11 is 6.03. The first-order chi connectivity index (χ1) is 10.8. The van der Waals surface area contributed by atoms with Crippen molar-refractivity contribution in [2.45, 2.75) is 32.3 Å². The van der Waals surface area contributed by atoms with E-state index in [0.717, 1.165) is 5.56 Å². The summed E-state index contributed by atoms with van der Waals surface area (Å²) < 4.78 is 5.22. The average Bonchev–Trinajstić information content (AvgIpc) is 3.00. The van der Waals surface area contributed by atoms with Crippen LogP contribution in [0.15, 0.2) is 47.1 Å². The van der Waals surface area contributed by atoms with Crippen LogP contribution in [-0.2, 0) is 10.4 Å². The predicted molar refractivity (Wildman–Crippen MR) is 90.3 cm³/mol. The maximum atomic E-state index is 12.6. The van der Waals surface area contributed by atoms with Crippen molar-refractivity contribution >= 4 is 17.5 Å². The zero-order valence-corrected chi connectivity index (χ0v) is 14.3. The van der Waals surface area contributed by atoms with Crippen molar-refractivity contribution in [3.63, 3.8) is 0 Å². The number of carbonyl (C=O) groups excluding carboxylic acids is 1. The Bertz CT molecular complexity index is 650. The lowest BCUT2D eigenvalue weighted by atomic mass is 9.87. The summed E-state index contributed by atoms with van der Waals surface area (Å²) in [7, 11) is 0. The summed E-state index contributed by atoms with van der Waals surface area (Å²) in [5.74, 6) is 0.0406. The Hall–Kier alpha value is -1.78. The number of halogens is 1. The molecule has 2 unspecified atom stereocenters. The minimum absolute atomic E-state index is 0.0726. The van der Waals surface area contributed by atoms with Gasteiger partial charge in [-0.25, -0.2) is 0 Å². The molecule has 1 aromatic heterocycles. The fourth-order valence-electron chi connectivity index (χ4n) is 2.58. The number of amides is 1. The summed E-state index contributed by atoms with van der Waals surface area (Å²) in [6, 6.07) is 10.7. The smallest absolute Gasteiger partial charge is 0.227 e. The van der Waals surface area contributed by atoms with Gasteiger partial charge in [-0.2, -0.15) is 0 Å². The zero-order chi connectivity index (χ0) is 17.0. The Morgan fingerprint density at radius 3 is 2.65 bits per heavy atom. The highest BCUT2D eigenvalue weighted by molar-refractivity contribution is 6.30. The molecule has 0 radical (unpaired) electrons. The number of benzene rings is 1. The first-order valence-electron chi connectivity index (χ1n) is 7.61. The molecule has 23 heavy (non-hydrogen) atoms. The van der Waals surface area contributed by atoms with E-state index in [-0.39, 0.29) is 24.3 Å². The first-order valence-corrected chi connectivity index (χ1v) is 7.98. The molecule has 5 heteroatoms. The summed E-state index contributed by atoms with van der Waals surface area (Å²) in [5.41, 5.74) is -0.391. The van der Waals surface area contributed by atoms with Crippen LogP contribution in [0.4, 0.5) is 0 Å². The van der Waals surface area contributed by atoms with Crippen molar-refractivity contribution in [3.05, 3.63) is 59.0 Å². The van der Waals surface area contributed by atoms with Crippen molar-refractivity contribution in [2.75, 3.05) is 6.54 Å². The maximum absolute atomic E-state index is 12.6. The Morgan fingerprint density at radius 2 is 2.09 bits per heavy atom. The second-order valence-electron chi connectivity index (χ2n) is 6.25. The van der Waals surface area contributed by atoms with Crippen molar-refractivity contribution in [1.29, 1.82) is 0 Å². The van der Waals surface area contributed by atoms with Crippen LogP contribution in [0.25, 0.3) is 0 Å². The number of hydrogen-bond donors (Lipinski definition) is 2. The summed E-state index contributed by atoms with van der Waals surface area (Å²) in [6.45, 7) is 5.64. The molecule has 0 aliphatic carbocycles. The molecule has 0 saturated carbocycles. The van der Waals surface area contributed by atoms with Gasteiger partial charge >= 0.3 is 0 Å². The average molecular weight is 336 g/mol. The van der Waals surface area contributed by atoms with E-state index in [1.807, 2.05) is 26.0 Å². The van der Waals surface area contributed by atoms with Crippen molar-refractivity contribution in [2.24, 2.45) is 5.92 Å². The number of hydrogen-bond acceptors (Lipinski definition) is 3. The van der Waals surface area contributed by atoms with Gasteiger partial charge in [0.15, 0.2) is 0 Å². The molecule has 2 N–H and O–H groups in total. The van der Waals surface area contributed by atoms with Gasteiger partial charge in [0, 0.05) is 5.02 Å². The molecule has 2 aromatic rings. The van der Waals surface area contributed by atoms with Gasteiger partial charge in [-0.1, -0.05) is 37.6 Å². The van der Waals surface area contributed by atoms with Gasteiger partial charge < -0.3 is 14.8 Å². The van der Waals surface area contributed by atoms with Crippen LogP contribution in [0.2, 0.25) is 5.02 Å². The molecule has 0 saturated heterocycles. The van der Waals surface area contributed by atoms with E-state index in [4.69, 9.17) is 16.0 Å². The van der Waals surface area contributed by atoms with Gasteiger partial charge in [-0.15, -0.1) is 0 Å². The summed E-state index contributed by atoms with van der Waals surface area (Å²) in [4.78, 5) is 12.6. The van der Waals surface area contributed by atoms with Gasteiger partial charge in [0.25, 0.3) is 0 Å². The van der Waals surface area contributed by atoms with Gasteiger partial charge in [0.1, 0.15) is 11.4 Å². The van der Waals surface area contributed by atoms with Gasteiger partial charge in [0.2, 0.25) is 5.91 Å². The second-order valence-corrected chi connectivity index (χ2v) is 6.68. The number of rotatable bonds is 6. The van der Waals surface area contributed by atoms with Crippen LogP contribution in [-0.4, -0.2) is 17.6 Å². The van der Waals surface area contributed by atoms with Crippen LogP contribution >= 0.6 is 11.6 Å². The van der Waals surface area contributed by atoms with Gasteiger partial charge in [-0.05, 0) is 42.7 Å². The van der Waals surface area contributed by atoms with Gasteiger partial charge in [0.05, 0.1) is 18.7 Å². The fraction of sp³-hybridized carbons (Fsp3) is 0.389. The van der Waals surface area contributed by atoms with E-state index in [2.05, 4.69) is 5.32 Å². The van der Waals surface area contributed by atoms with Crippen LogP contribution < -0.4 is 5.32 Å². The third-order valence-corrected chi connectivity index (χ3v) is 4.05. The van der Waals surface area contributed by atoms with E-state index < -0.39 is 5.60 Å². The highest BCUT2D eigenvalue weighted by Gasteiger charge is 2.30. The van der Waals surface area contributed by atoms with Crippen molar-refractivity contribution in [1.82, 2.24) is 5.32 Å². The lowest BCUT2D eigenvalue weighted by molar-refractivity contribution is -0.124. The molecular formula is C18H22ClNO3. The molecule has 1 aromatic carbocycles. The zero-order valence-electron chi connectivity index (χ0n) is 13.5. The van der Waals surface area contributed by atoms with Crippen LogP contribution in [0.1, 0.15) is 38.0 Å². The lowest BCUT2D eigenvalue weighted by Crippen LogP contribution is -2.41. The van der Waals surface area contributed by atoms with Crippen LogP contribution in [0, 0.1) is 5.92 Å². The molecule has 0 aliphatic heterocycles. The first kappa shape index (κ1) is 17.6. The number of furan rings is 1. The SMILES string of the molecule is CC(C)C(C(=O)NCC(C)(O)c1ccco1)c1cccc(Cl)c1. The van der Waals surface area contributed by atoms with E-state index in [1.54, 1.807) is 31.2 Å². The second kappa shape index (κ2) is 7.20. The molecule has 0 fully saturated rings. The quantitative estimate of drug-likeness (QED) is 0.846. The van der Waals surface area contributed by atoms with Crippen LogP contribution in [0.3, 0.4) is 0 Å². The van der Waals surface area contributed by atoms with E-state index in [9.17, 15) is 9.90 Å². The Kier molecular flexibility index (Phi) is 5.50. The van der Waals surface area contributed by atoms with Gasteiger partial charge in [-0.3, -0.25) is 4.79 Å². The maximum Gasteiger partial charge on any atom is 0.227 e. The topological polar surface area (TPSA) is 62.5 Å². The standard InChI is InChI=1S/C18H22ClNO3/c1-12(2)16(13-6-4-7-14(19)10-13)17(21)20-11-18(3,22)15-8-5-9-23-15/h4-10,12,16,22H,11H2,1-3H3,(H,20,21). The molecule has 2 rings (SSSR count). The monoisotopic (exact) mass is 335 g/mol. The molecule has 0 aliphatic rings. The third kappa shape index (κ3) is 4.36. The summed E-state index contributed by atoms with van der Waals surface area (Å²) in [6.07, 6.45) is 1.49. The number of carbonyl (C=O) groups is 1. The highest BCUT2D eigenvalue weighted by atomic mass is 35.5. The van der Waals surface area contributed by atoms with E-state index in [1.165, 1.54) is 6.26 Å². The molecule has 124 valence electrons.